The van der Waals surface area contributed by atoms with Crippen LogP contribution in [-0.2, 0) is 11.2 Å². The molecule has 0 amide bonds. The molecule has 1 atom stereocenters. The van der Waals surface area contributed by atoms with E-state index in [2.05, 4.69) is 41.2 Å². The molecule has 0 bridgehead atoms. The first-order valence-corrected chi connectivity index (χ1v) is 7.21. The van der Waals surface area contributed by atoms with Crippen molar-refractivity contribution in [3.05, 3.63) is 33.3 Å². The van der Waals surface area contributed by atoms with Crippen molar-refractivity contribution in [2.24, 2.45) is 0 Å². The van der Waals surface area contributed by atoms with E-state index in [9.17, 15) is 0 Å². The second kappa shape index (κ2) is 6.90. The van der Waals surface area contributed by atoms with Crippen LogP contribution in [0.5, 0.6) is 0 Å². The summed E-state index contributed by atoms with van der Waals surface area (Å²) >= 11 is 9.67. The number of ether oxygens (including phenoxy) is 1. The molecule has 1 unspecified atom stereocenters. The average Bonchev–Trinajstić information content (AvgIpc) is 2.31. The molecule has 0 radical (unpaired) electrons. The summed E-state index contributed by atoms with van der Waals surface area (Å²) in [6, 6.07) is 6.37. The minimum Gasteiger partial charge on any atom is -0.379 e. The fourth-order valence-corrected chi connectivity index (χ4v) is 2.66. The summed E-state index contributed by atoms with van der Waals surface area (Å²) in [7, 11) is 3.72. The largest absolute Gasteiger partial charge is 0.379 e. The topological polar surface area (TPSA) is 21.3 Å². The van der Waals surface area contributed by atoms with Crippen molar-refractivity contribution >= 4 is 27.5 Å². The van der Waals surface area contributed by atoms with Gasteiger partial charge in [-0.25, -0.2) is 0 Å². The third-order valence-electron chi connectivity index (χ3n) is 3.18. The van der Waals surface area contributed by atoms with Gasteiger partial charge in [-0.15, -0.1) is 0 Å². The van der Waals surface area contributed by atoms with Gasteiger partial charge in [0.05, 0.1) is 5.60 Å². The quantitative estimate of drug-likeness (QED) is 0.847. The number of benzene rings is 1. The van der Waals surface area contributed by atoms with Crippen molar-refractivity contribution in [2.45, 2.75) is 38.3 Å². The molecule has 0 aliphatic rings. The van der Waals surface area contributed by atoms with Gasteiger partial charge in [-0.1, -0.05) is 33.6 Å². The zero-order valence-electron chi connectivity index (χ0n) is 11.4. The van der Waals surface area contributed by atoms with Crippen LogP contribution in [0, 0.1) is 0 Å². The molecule has 18 heavy (non-hydrogen) atoms. The van der Waals surface area contributed by atoms with Gasteiger partial charge >= 0.3 is 0 Å². The van der Waals surface area contributed by atoms with Crippen molar-refractivity contribution in [3.63, 3.8) is 0 Å². The smallest absolute Gasteiger partial charge is 0.0637 e. The average molecular weight is 335 g/mol. The summed E-state index contributed by atoms with van der Waals surface area (Å²) in [5.41, 5.74) is 1.03. The van der Waals surface area contributed by atoms with Gasteiger partial charge in [0, 0.05) is 22.6 Å². The summed E-state index contributed by atoms with van der Waals surface area (Å²) in [5, 5.41) is 4.14. The first-order chi connectivity index (χ1) is 8.38. The molecule has 1 aromatic rings. The molecule has 0 spiro atoms. The molecule has 1 N–H and O–H groups in total. The first kappa shape index (κ1) is 16.0. The molecular formula is C14H21BrClNO. The molecule has 2 nitrogen and oxygen atoms in total. The fourth-order valence-electron chi connectivity index (χ4n) is 1.91. The molecule has 0 aliphatic heterocycles. The Bertz CT molecular complexity index is 395. The highest BCUT2D eigenvalue weighted by molar-refractivity contribution is 9.10. The van der Waals surface area contributed by atoms with E-state index in [0.29, 0.717) is 6.04 Å². The van der Waals surface area contributed by atoms with Gasteiger partial charge in [-0.2, -0.15) is 0 Å². The predicted octanol–water partition coefficient (Wildman–Crippen LogP) is 4.05. The number of hydrogen-bond donors (Lipinski definition) is 1. The van der Waals surface area contributed by atoms with Crippen LogP contribution >= 0.6 is 27.5 Å². The van der Waals surface area contributed by atoms with E-state index in [-0.39, 0.29) is 5.60 Å². The third-order valence-corrected chi connectivity index (χ3v) is 4.03. The zero-order chi connectivity index (χ0) is 13.8. The van der Waals surface area contributed by atoms with E-state index in [1.807, 2.05) is 19.2 Å². The van der Waals surface area contributed by atoms with Crippen LogP contribution in [0.1, 0.15) is 25.8 Å². The summed E-state index contributed by atoms with van der Waals surface area (Å²) in [6.45, 7) is 4.20. The summed E-state index contributed by atoms with van der Waals surface area (Å²) in [6.07, 6.45) is 1.84. The fraction of sp³-hybridized carbons (Fsp3) is 0.571. The highest BCUT2D eigenvalue weighted by atomic mass is 79.9. The molecule has 0 heterocycles. The summed E-state index contributed by atoms with van der Waals surface area (Å²) in [4.78, 5) is 0. The molecular weight excluding hydrogens is 314 g/mol. The summed E-state index contributed by atoms with van der Waals surface area (Å²) in [5.74, 6) is 0. The lowest BCUT2D eigenvalue weighted by Gasteiger charge is -2.28. The van der Waals surface area contributed by atoms with Crippen LogP contribution in [0.25, 0.3) is 0 Å². The highest BCUT2D eigenvalue weighted by Gasteiger charge is 2.22. The molecule has 102 valence electrons. The maximum atomic E-state index is 6.25. The second-order valence-corrected chi connectivity index (χ2v) is 6.42. The van der Waals surface area contributed by atoms with Crippen LogP contribution in [-0.4, -0.2) is 25.8 Å². The Morgan fingerprint density at radius 1 is 1.44 bits per heavy atom. The maximum absolute atomic E-state index is 6.25. The van der Waals surface area contributed by atoms with Gasteiger partial charge in [-0.3, -0.25) is 0 Å². The van der Waals surface area contributed by atoms with Crippen molar-refractivity contribution in [2.75, 3.05) is 14.2 Å². The van der Waals surface area contributed by atoms with Crippen LogP contribution in [0.15, 0.2) is 22.7 Å². The van der Waals surface area contributed by atoms with Gasteiger partial charge in [0.2, 0.25) is 0 Å². The standard InChI is InChI=1S/C14H21BrClNO/c1-14(2,18-4)9-12(17-3)7-10-5-6-11(15)8-13(10)16/h5-6,8,12,17H,7,9H2,1-4H3. The van der Waals surface area contributed by atoms with E-state index < -0.39 is 0 Å². The minimum atomic E-state index is -0.129. The third kappa shape index (κ3) is 4.88. The van der Waals surface area contributed by atoms with E-state index in [1.54, 1.807) is 7.11 Å². The lowest BCUT2D eigenvalue weighted by atomic mass is 9.94. The molecule has 0 saturated heterocycles. The molecule has 0 aromatic heterocycles. The normalized spacial score (nSPS) is 13.7. The molecule has 0 fully saturated rings. The molecule has 0 saturated carbocycles. The van der Waals surface area contributed by atoms with Crippen LogP contribution in [0.3, 0.4) is 0 Å². The van der Waals surface area contributed by atoms with E-state index >= 15 is 0 Å². The number of rotatable bonds is 6. The van der Waals surface area contributed by atoms with Crippen molar-refractivity contribution in [1.29, 1.82) is 0 Å². The summed E-state index contributed by atoms with van der Waals surface area (Å²) < 4.78 is 6.49. The SMILES string of the molecule is CNC(Cc1ccc(Br)cc1Cl)CC(C)(C)OC. The number of methoxy groups -OCH3 is 1. The van der Waals surface area contributed by atoms with Gasteiger partial charge in [0.15, 0.2) is 0 Å². The minimum absolute atomic E-state index is 0.129. The number of nitrogens with one attached hydrogen (secondary N) is 1. The van der Waals surface area contributed by atoms with Crippen LogP contribution in [0.2, 0.25) is 5.02 Å². The lowest BCUT2D eigenvalue weighted by Crippen LogP contribution is -2.37. The highest BCUT2D eigenvalue weighted by Crippen LogP contribution is 2.24. The van der Waals surface area contributed by atoms with Gasteiger partial charge in [0.25, 0.3) is 0 Å². The monoisotopic (exact) mass is 333 g/mol. The number of hydrogen-bond acceptors (Lipinski definition) is 2. The van der Waals surface area contributed by atoms with Crippen molar-refractivity contribution in [3.8, 4) is 0 Å². The Hall–Kier alpha value is -0.0900. The zero-order valence-corrected chi connectivity index (χ0v) is 13.7. The van der Waals surface area contributed by atoms with E-state index in [1.165, 1.54) is 0 Å². The second-order valence-electron chi connectivity index (χ2n) is 5.09. The number of likely N-dealkylation sites (N-methyl/N-ethyl adjacent to an activating group) is 1. The molecule has 4 heteroatoms. The van der Waals surface area contributed by atoms with Crippen molar-refractivity contribution < 1.29 is 4.74 Å². The predicted molar refractivity (Wildman–Crippen MR) is 81.4 cm³/mol. The van der Waals surface area contributed by atoms with Gasteiger partial charge < -0.3 is 10.1 Å². The van der Waals surface area contributed by atoms with E-state index in [0.717, 1.165) is 27.9 Å². The molecule has 1 aromatic carbocycles. The lowest BCUT2D eigenvalue weighted by molar-refractivity contribution is 0.00773. The maximum Gasteiger partial charge on any atom is 0.0637 e. The van der Waals surface area contributed by atoms with Crippen LogP contribution < -0.4 is 5.32 Å². The molecule has 1 rings (SSSR count). The Morgan fingerprint density at radius 2 is 2.11 bits per heavy atom. The Labute approximate surface area is 123 Å². The van der Waals surface area contributed by atoms with E-state index in [4.69, 9.17) is 16.3 Å². The van der Waals surface area contributed by atoms with Gasteiger partial charge in [-0.05, 0) is 51.4 Å². The van der Waals surface area contributed by atoms with Gasteiger partial charge in [0.1, 0.15) is 0 Å². The first-order valence-electron chi connectivity index (χ1n) is 6.04. The Balaban J connectivity index is 2.74. The number of halogens is 2. The Kier molecular flexibility index (Phi) is 6.12. The Morgan fingerprint density at radius 3 is 2.61 bits per heavy atom. The van der Waals surface area contributed by atoms with Crippen molar-refractivity contribution in [1.82, 2.24) is 5.32 Å². The van der Waals surface area contributed by atoms with Crippen LogP contribution in [0.4, 0.5) is 0 Å². The molecule has 0 aliphatic carbocycles.